The fourth-order valence-electron chi connectivity index (χ4n) is 2.63. The highest BCUT2D eigenvalue weighted by molar-refractivity contribution is 7.89. The van der Waals surface area contributed by atoms with Crippen LogP contribution in [-0.2, 0) is 14.9 Å². The topological polar surface area (TPSA) is 81.9 Å². The number of aryl methyl sites for hydroxylation is 1. The molecule has 0 aromatic heterocycles. The maximum atomic E-state index is 12.7. The number of hydrogen-bond donors (Lipinski definition) is 1. The van der Waals surface area contributed by atoms with Gasteiger partial charge in [-0.2, -0.15) is 4.31 Å². The molecule has 1 heterocycles. The molecule has 118 valence electrons. The van der Waals surface area contributed by atoms with Gasteiger partial charge in [0.25, 0.3) is 0 Å². The second-order valence-corrected chi connectivity index (χ2v) is 7.22. The molecule has 7 heteroatoms. The van der Waals surface area contributed by atoms with E-state index in [9.17, 15) is 8.42 Å². The number of nitrogens with zero attached hydrogens (tertiary/aromatic N) is 1. The van der Waals surface area contributed by atoms with Crippen LogP contribution < -0.4 is 10.6 Å². The molecule has 1 aliphatic rings. The van der Waals surface area contributed by atoms with Crippen LogP contribution in [0.1, 0.15) is 18.4 Å². The van der Waals surface area contributed by atoms with Crippen molar-refractivity contribution in [3.05, 3.63) is 23.8 Å². The molecule has 1 aliphatic heterocycles. The van der Waals surface area contributed by atoms with Crippen molar-refractivity contribution in [2.24, 2.45) is 11.8 Å². The van der Waals surface area contributed by atoms with E-state index in [0.29, 0.717) is 41.8 Å². The van der Waals surface area contributed by atoms with E-state index in [-0.39, 0.29) is 0 Å². The van der Waals surface area contributed by atoms with Gasteiger partial charge in [-0.1, -0.05) is 0 Å². The molecule has 0 radical (unpaired) electrons. The predicted molar refractivity (Wildman–Crippen MR) is 79.4 cm³/mol. The molecule has 21 heavy (non-hydrogen) atoms. The summed E-state index contributed by atoms with van der Waals surface area (Å²) in [6, 6.07) is 5.02. The number of methoxy groups -OCH3 is 1. The van der Waals surface area contributed by atoms with Crippen LogP contribution in [0.4, 0.5) is 0 Å². The lowest BCUT2D eigenvalue weighted by atomic mass is 9.99. The first kappa shape index (κ1) is 16.2. The molecule has 0 saturated carbocycles. The Kier molecular flexibility index (Phi) is 5.21. The number of sulfonamides is 1. The third-order valence-corrected chi connectivity index (χ3v) is 5.96. The second-order valence-electron chi connectivity index (χ2n) is 5.31. The second kappa shape index (κ2) is 6.74. The average molecular weight is 314 g/mol. The zero-order valence-corrected chi connectivity index (χ0v) is 13.2. The van der Waals surface area contributed by atoms with E-state index >= 15 is 0 Å². The van der Waals surface area contributed by atoms with E-state index in [2.05, 4.69) is 4.84 Å². The van der Waals surface area contributed by atoms with Gasteiger partial charge in [0, 0.05) is 13.1 Å². The third-order valence-electron chi connectivity index (χ3n) is 3.91. The van der Waals surface area contributed by atoms with E-state index in [1.54, 1.807) is 32.2 Å². The molecule has 1 fully saturated rings. The van der Waals surface area contributed by atoms with Crippen molar-refractivity contribution in [3.63, 3.8) is 0 Å². The molecule has 0 atom stereocenters. The van der Waals surface area contributed by atoms with Crippen LogP contribution in [0.2, 0.25) is 0 Å². The van der Waals surface area contributed by atoms with Gasteiger partial charge < -0.3 is 9.57 Å². The Morgan fingerprint density at radius 2 is 2.00 bits per heavy atom. The largest absolute Gasteiger partial charge is 0.497 e. The molecule has 6 nitrogen and oxygen atoms in total. The fourth-order valence-corrected chi connectivity index (χ4v) is 4.31. The Hall–Kier alpha value is -1.15. The molecule has 2 rings (SSSR count). The third kappa shape index (κ3) is 3.55. The summed E-state index contributed by atoms with van der Waals surface area (Å²) in [4.78, 5) is 4.99. The highest BCUT2D eigenvalue weighted by atomic mass is 32.2. The molecule has 0 spiro atoms. The number of nitrogens with two attached hydrogens (primary N) is 1. The number of piperidine rings is 1. The summed E-state index contributed by atoms with van der Waals surface area (Å²) >= 11 is 0. The summed E-state index contributed by atoms with van der Waals surface area (Å²) in [5.41, 5.74) is 0.696. The zero-order chi connectivity index (χ0) is 15.5. The Morgan fingerprint density at radius 1 is 1.33 bits per heavy atom. The maximum absolute atomic E-state index is 12.7. The maximum Gasteiger partial charge on any atom is 0.243 e. The van der Waals surface area contributed by atoms with E-state index < -0.39 is 10.0 Å². The molecule has 0 aliphatic carbocycles. The van der Waals surface area contributed by atoms with Crippen LogP contribution >= 0.6 is 0 Å². The molecule has 2 N–H and O–H groups in total. The van der Waals surface area contributed by atoms with Gasteiger partial charge in [-0.25, -0.2) is 14.3 Å². The van der Waals surface area contributed by atoms with Crippen molar-refractivity contribution < 1.29 is 18.0 Å². The minimum Gasteiger partial charge on any atom is -0.497 e. The van der Waals surface area contributed by atoms with Gasteiger partial charge in [0.1, 0.15) is 5.75 Å². The van der Waals surface area contributed by atoms with Crippen molar-refractivity contribution in [2.75, 3.05) is 26.8 Å². The Labute approximate surface area is 125 Å². The molecular weight excluding hydrogens is 292 g/mol. The highest BCUT2D eigenvalue weighted by Gasteiger charge is 2.30. The number of benzene rings is 1. The summed E-state index contributed by atoms with van der Waals surface area (Å²) in [6.45, 7) is 3.27. The van der Waals surface area contributed by atoms with E-state index in [0.717, 1.165) is 12.8 Å². The van der Waals surface area contributed by atoms with Crippen LogP contribution in [-0.4, -0.2) is 39.5 Å². The lowest BCUT2D eigenvalue weighted by Gasteiger charge is -2.31. The number of rotatable bonds is 5. The van der Waals surface area contributed by atoms with Crippen LogP contribution in [0.5, 0.6) is 5.75 Å². The van der Waals surface area contributed by atoms with Gasteiger partial charge in [-0.05, 0) is 49.4 Å². The summed E-state index contributed by atoms with van der Waals surface area (Å²) in [7, 11) is -1.89. The van der Waals surface area contributed by atoms with Crippen molar-refractivity contribution in [3.8, 4) is 5.75 Å². The standard InChI is InChI=1S/C14H22N2O4S/c1-11-9-13(19-2)3-4-14(11)21(17,18)16-7-5-12(6-8-16)10-20-15/h3-4,9,12H,5-8,10,15H2,1-2H3. The summed E-state index contributed by atoms with van der Waals surface area (Å²) in [5, 5.41) is 0. The first-order valence-corrected chi connectivity index (χ1v) is 8.39. The van der Waals surface area contributed by atoms with Gasteiger partial charge >= 0.3 is 0 Å². The van der Waals surface area contributed by atoms with Gasteiger partial charge in [-0.15, -0.1) is 0 Å². The zero-order valence-electron chi connectivity index (χ0n) is 12.4. The van der Waals surface area contributed by atoms with Crippen molar-refractivity contribution in [1.82, 2.24) is 4.31 Å². The first-order valence-electron chi connectivity index (χ1n) is 6.95. The Bertz CT molecular complexity index is 581. The fraction of sp³-hybridized carbons (Fsp3) is 0.571. The van der Waals surface area contributed by atoms with E-state index in [1.165, 1.54) is 4.31 Å². The van der Waals surface area contributed by atoms with Crippen LogP contribution in [0.15, 0.2) is 23.1 Å². The van der Waals surface area contributed by atoms with Crippen LogP contribution in [0, 0.1) is 12.8 Å². The molecule has 1 saturated heterocycles. The van der Waals surface area contributed by atoms with E-state index in [4.69, 9.17) is 10.6 Å². The molecule has 0 bridgehead atoms. The van der Waals surface area contributed by atoms with Crippen LogP contribution in [0.3, 0.4) is 0 Å². The molecule has 1 aromatic carbocycles. The summed E-state index contributed by atoms with van der Waals surface area (Å²) < 4.78 is 32.1. The van der Waals surface area contributed by atoms with Gasteiger partial charge in [-0.3, -0.25) is 0 Å². The number of hydrogen-bond acceptors (Lipinski definition) is 5. The van der Waals surface area contributed by atoms with Crippen molar-refractivity contribution >= 4 is 10.0 Å². The normalized spacial score (nSPS) is 17.9. The average Bonchev–Trinajstić information content (AvgIpc) is 2.47. The summed E-state index contributed by atoms with van der Waals surface area (Å²) in [6.07, 6.45) is 1.54. The first-order chi connectivity index (χ1) is 9.98. The van der Waals surface area contributed by atoms with Crippen molar-refractivity contribution in [2.45, 2.75) is 24.7 Å². The van der Waals surface area contributed by atoms with Gasteiger partial charge in [0.2, 0.25) is 10.0 Å². The monoisotopic (exact) mass is 314 g/mol. The Balaban J connectivity index is 2.16. The minimum absolute atomic E-state index is 0.332. The summed E-state index contributed by atoms with van der Waals surface area (Å²) in [5.74, 6) is 6.06. The molecule has 1 aromatic rings. The highest BCUT2D eigenvalue weighted by Crippen LogP contribution is 2.27. The lowest BCUT2D eigenvalue weighted by Crippen LogP contribution is -2.39. The quantitative estimate of drug-likeness (QED) is 0.828. The number of ether oxygens (including phenoxy) is 1. The molecule has 0 unspecified atom stereocenters. The predicted octanol–water partition coefficient (Wildman–Crippen LogP) is 1.29. The lowest BCUT2D eigenvalue weighted by molar-refractivity contribution is 0.0805. The van der Waals surface area contributed by atoms with Gasteiger partial charge in [0.05, 0.1) is 18.6 Å². The molecule has 0 amide bonds. The van der Waals surface area contributed by atoms with Crippen LogP contribution in [0.25, 0.3) is 0 Å². The molecular formula is C14H22N2O4S. The smallest absolute Gasteiger partial charge is 0.243 e. The van der Waals surface area contributed by atoms with E-state index in [1.807, 2.05) is 0 Å². The SMILES string of the molecule is COc1ccc(S(=O)(=O)N2CCC(CON)CC2)c(C)c1. The minimum atomic E-state index is -3.45. The Morgan fingerprint density at radius 3 is 2.52 bits per heavy atom. The van der Waals surface area contributed by atoms with Crippen molar-refractivity contribution in [1.29, 1.82) is 0 Å². The van der Waals surface area contributed by atoms with Gasteiger partial charge in [0.15, 0.2) is 0 Å².